The second kappa shape index (κ2) is 10.3. The lowest BCUT2D eigenvalue weighted by Gasteiger charge is -2.34. The number of para-hydroxylation sites is 1. The molecule has 0 N–H and O–H groups in total. The standard InChI is InChI=1S/C26H32FN3O3/c1-6-22(29(15-16-33-5)23(31)17-26(2,3)4)24-28-21-10-8-7-9-20(21)25(32)30(24)19-13-11-18(27)12-14-19/h7-14,22H,6,15-17H2,1-5H3. The average Bonchev–Trinajstić information content (AvgIpc) is 2.76. The smallest absolute Gasteiger partial charge is 0.266 e. The third-order valence-electron chi connectivity index (χ3n) is 5.49. The summed E-state index contributed by atoms with van der Waals surface area (Å²) >= 11 is 0. The number of carbonyl (C=O) groups is 1. The van der Waals surface area contributed by atoms with E-state index in [1.54, 1.807) is 42.3 Å². The third-order valence-corrected chi connectivity index (χ3v) is 5.49. The largest absolute Gasteiger partial charge is 0.383 e. The minimum Gasteiger partial charge on any atom is -0.383 e. The van der Waals surface area contributed by atoms with Gasteiger partial charge in [-0.2, -0.15) is 0 Å². The van der Waals surface area contributed by atoms with Crippen LogP contribution in [0.15, 0.2) is 53.3 Å². The Balaban J connectivity index is 2.24. The van der Waals surface area contributed by atoms with Gasteiger partial charge < -0.3 is 9.64 Å². The van der Waals surface area contributed by atoms with Gasteiger partial charge in [0.1, 0.15) is 11.6 Å². The number of methoxy groups -OCH3 is 1. The van der Waals surface area contributed by atoms with Gasteiger partial charge in [-0.25, -0.2) is 9.37 Å². The van der Waals surface area contributed by atoms with Crippen LogP contribution in [0.1, 0.15) is 52.4 Å². The van der Waals surface area contributed by atoms with E-state index >= 15 is 0 Å². The predicted octanol–water partition coefficient (Wildman–Crippen LogP) is 4.89. The molecule has 176 valence electrons. The summed E-state index contributed by atoms with van der Waals surface area (Å²) in [6.45, 7) is 8.75. The first-order chi connectivity index (χ1) is 15.7. The summed E-state index contributed by atoms with van der Waals surface area (Å²) in [5.41, 5.74) is 0.608. The molecular formula is C26H32FN3O3. The molecule has 1 amide bonds. The molecule has 0 radical (unpaired) electrons. The number of rotatable bonds is 8. The van der Waals surface area contributed by atoms with Crippen molar-refractivity contribution in [1.82, 2.24) is 14.5 Å². The van der Waals surface area contributed by atoms with Crippen LogP contribution in [0.5, 0.6) is 0 Å². The zero-order valence-electron chi connectivity index (χ0n) is 20.0. The number of aromatic nitrogens is 2. The highest BCUT2D eigenvalue weighted by Crippen LogP contribution is 2.29. The van der Waals surface area contributed by atoms with Crippen LogP contribution in [0.2, 0.25) is 0 Å². The van der Waals surface area contributed by atoms with Crippen LogP contribution >= 0.6 is 0 Å². The topological polar surface area (TPSA) is 64.4 Å². The van der Waals surface area contributed by atoms with Crippen molar-refractivity contribution < 1.29 is 13.9 Å². The molecule has 0 saturated carbocycles. The first-order valence-electron chi connectivity index (χ1n) is 11.2. The van der Waals surface area contributed by atoms with E-state index in [9.17, 15) is 14.0 Å². The molecule has 7 heteroatoms. The number of nitrogens with zero attached hydrogens (tertiary/aromatic N) is 3. The zero-order valence-corrected chi connectivity index (χ0v) is 20.0. The molecule has 6 nitrogen and oxygen atoms in total. The highest BCUT2D eigenvalue weighted by atomic mass is 19.1. The van der Waals surface area contributed by atoms with E-state index in [1.807, 2.05) is 33.8 Å². The number of hydrogen-bond donors (Lipinski definition) is 0. The third kappa shape index (κ3) is 5.66. The average molecular weight is 454 g/mol. The van der Waals surface area contributed by atoms with E-state index < -0.39 is 11.9 Å². The van der Waals surface area contributed by atoms with Gasteiger partial charge in [-0.15, -0.1) is 0 Å². The first kappa shape index (κ1) is 24.6. The molecule has 0 spiro atoms. The highest BCUT2D eigenvalue weighted by Gasteiger charge is 2.30. The molecular weight excluding hydrogens is 421 g/mol. The Hall–Kier alpha value is -3.06. The number of ether oxygens (including phenoxy) is 1. The SMILES string of the molecule is CCC(c1nc2ccccc2c(=O)n1-c1ccc(F)cc1)N(CCOC)C(=O)CC(C)(C)C. The van der Waals surface area contributed by atoms with Gasteiger partial charge in [0.2, 0.25) is 5.91 Å². The molecule has 1 aromatic heterocycles. The van der Waals surface area contributed by atoms with Gasteiger partial charge in [-0.3, -0.25) is 14.2 Å². The molecule has 3 aromatic rings. The fourth-order valence-corrected chi connectivity index (χ4v) is 3.95. The maximum absolute atomic E-state index is 13.6. The molecule has 2 aromatic carbocycles. The number of hydrogen-bond acceptors (Lipinski definition) is 4. The monoisotopic (exact) mass is 453 g/mol. The van der Waals surface area contributed by atoms with E-state index in [2.05, 4.69) is 0 Å². The Morgan fingerprint density at radius 2 is 1.82 bits per heavy atom. The van der Waals surface area contributed by atoms with Crippen LogP contribution in [-0.2, 0) is 9.53 Å². The summed E-state index contributed by atoms with van der Waals surface area (Å²) < 4.78 is 20.4. The molecule has 0 fully saturated rings. The second-order valence-corrected chi connectivity index (χ2v) is 9.35. The maximum Gasteiger partial charge on any atom is 0.266 e. The van der Waals surface area contributed by atoms with Gasteiger partial charge in [0.25, 0.3) is 5.56 Å². The van der Waals surface area contributed by atoms with Gasteiger partial charge in [0.05, 0.1) is 29.2 Å². The number of benzene rings is 2. The van der Waals surface area contributed by atoms with E-state index in [0.29, 0.717) is 48.4 Å². The fraction of sp³-hybridized carbons (Fsp3) is 0.423. The van der Waals surface area contributed by atoms with Crippen molar-refractivity contribution in [2.45, 2.75) is 46.6 Å². The van der Waals surface area contributed by atoms with E-state index in [4.69, 9.17) is 9.72 Å². The van der Waals surface area contributed by atoms with Crippen molar-refractivity contribution in [3.05, 3.63) is 70.5 Å². The second-order valence-electron chi connectivity index (χ2n) is 9.35. The van der Waals surface area contributed by atoms with Crippen LogP contribution in [0.3, 0.4) is 0 Å². The van der Waals surface area contributed by atoms with Crippen molar-refractivity contribution in [3.8, 4) is 5.69 Å². The molecule has 1 heterocycles. The zero-order chi connectivity index (χ0) is 24.2. The number of carbonyl (C=O) groups excluding carboxylic acids is 1. The Kier molecular flexibility index (Phi) is 7.64. The molecule has 0 aliphatic rings. The van der Waals surface area contributed by atoms with Crippen molar-refractivity contribution in [3.63, 3.8) is 0 Å². The Morgan fingerprint density at radius 1 is 1.15 bits per heavy atom. The van der Waals surface area contributed by atoms with Crippen LogP contribution < -0.4 is 5.56 Å². The molecule has 0 aliphatic heterocycles. The molecule has 0 saturated heterocycles. The molecule has 0 bridgehead atoms. The highest BCUT2D eigenvalue weighted by molar-refractivity contribution is 5.79. The van der Waals surface area contributed by atoms with Crippen LogP contribution in [0.4, 0.5) is 4.39 Å². The summed E-state index contributed by atoms with van der Waals surface area (Å²) in [5.74, 6) is 0.0295. The van der Waals surface area contributed by atoms with Crippen molar-refractivity contribution in [2.75, 3.05) is 20.3 Å². The number of halogens is 1. The van der Waals surface area contributed by atoms with Gasteiger partial charge >= 0.3 is 0 Å². The number of amides is 1. The lowest BCUT2D eigenvalue weighted by Crippen LogP contribution is -2.41. The van der Waals surface area contributed by atoms with Crippen LogP contribution in [0, 0.1) is 11.2 Å². The summed E-state index contributed by atoms with van der Waals surface area (Å²) in [7, 11) is 1.59. The van der Waals surface area contributed by atoms with Crippen molar-refractivity contribution >= 4 is 16.8 Å². The first-order valence-corrected chi connectivity index (χ1v) is 11.2. The number of fused-ring (bicyclic) bond motifs is 1. The molecule has 1 unspecified atom stereocenters. The maximum atomic E-state index is 13.6. The van der Waals surface area contributed by atoms with Gasteiger partial charge in [-0.1, -0.05) is 39.8 Å². The van der Waals surface area contributed by atoms with Crippen LogP contribution in [-0.4, -0.2) is 40.6 Å². The summed E-state index contributed by atoms with van der Waals surface area (Å²) in [5, 5.41) is 0.463. The van der Waals surface area contributed by atoms with E-state index in [1.165, 1.54) is 16.7 Å². The minimum absolute atomic E-state index is 0.0283. The minimum atomic E-state index is -0.461. The molecule has 33 heavy (non-hydrogen) atoms. The molecule has 0 aliphatic carbocycles. The Bertz CT molecular complexity index is 1170. The quantitative estimate of drug-likeness (QED) is 0.487. The van der Waals surface area contributed by atoms with Crippen molar-refractivity contribution in [2.24, 2.45) is 5.41 Å². The van der Waals surface area contributed by atoms with Gasteiger partial charge in [0.15, 0.2) is 0 Å². The van der Waals surface area contributed by atoms with E-state index in [-0.39, 0.29) is 16.9 Å². The Morgan fingerprint density at radius 3 is 2.42 bits per heavy atom. The predicted molar refractivity (Wildman–Crippen MR) is 128 cm³/mol. The summed E-state index contributed by atoms with van der Waals surface area (Å²) in [6, 6.07) is 12.4. The fourth-order valence-electron chi connectivity index (χ4n) is 3.95. The molecule has 1 atom stereocenters. The lowest BCUT2D eigenvalue weighted by molar-refractivity contribution is -0.136. The Labute approximate surface area is 194 Å². The molecule has 3 rings (SSSR count). The van der Waals surface area contributed by atoms with Gasteiger partial charge in [0, 0.05) is 20.1 Å². The normalized spacial score (nSPS) is 12.7. The van der Waals surface area contributed by atoms with Crippen molar-refractivity contribution in [1.29, 1.82) is 0 Å². The van der Waals surface area contributed by atoms with E-state index in [0.717, 1.165) is 0 Å². The summed E-state index contributed by atoms with van der Waals surface area (Å²) in [6.07, 6.45) is 0.896. The summed E-state index contributed by atoms with van der Waals surface area (Å²) in [4.78, 5) is 33.6. The van der Waals surface area contributed by atoms with Crippen LogP contribution in [0.25, 0.3) is 16.6 Å². The lowest BCUT2D eigenvalue weighted by atomic mass is 9.91. The van der Waals surface area contributed by atoms with Gasteiger partial charge in [-0.05, 0) is 48.2 Å².